The summed E-state index contributed by atoms with van der Waals surface area (Å²) in [6.07, 6.45) is 0.344. The van der Waals surface area contributed by atoms with Gasteiger partial charge in [-0.3, -0.25) is 30.3 Å². The Bertz CT molecular complexity index is 614. The molecule has 20 heavy (non-hydrogen) atoms. The predicted octanol–water partition coefficient (Wildman–Crippen LogP) is 1.57. The molecule has 11 heteroatoms. The lowest BCUT2D eigenvalue weighted by atomic mass is 10.2. The van der Waals surface area contributed by atoms with Crippen molar-refractivity contribution in [3.63, 3.8) is 0 Å². The number of fused-ring (bicyclic) bond motifs is 1. The zero-order valence-electron chi connectivity index (χ0n) is 9.81. The van der Waals surface area contributed by atoms with E-state index >= 15 is 0 Å². The van der Waals surface area contributed by atoms with Gasteiger partial charge in [-0.05, 0) is 0 Å². The molecule has 0 aliphatic carbocycles. The summed E-state index contributed by atoms with van der Waals surface area (Å²) >= 11 is 0. The molecule has 0 saturated carbocycles. The molecule has 0 radical (unpaired) electrons. The molecule has 11 nitrogen and oxygen atoms in total. The molecule has 0 aromatic heterocycles. The van der Waals surface area contributed by atoms with Crippen LogP contribution in [0.5, 0.6) is 11.5 Å². The second-order valence-electron chi connectivity index (χ2n) is 3.74. The number of hydrogen-bond donors (Lipinski definition) is 0. The van der Waals surface area contributed by atoms with Crippen LogP contribution in [0.3, 0.4) is 0 Å². The van der Waals surface area contributed by atoms with Crippen molar-refractivity contribution in [1.82, 2.24) is 0 Å². The molecule has 0 bridgehead atoms. The lowest BCUT2D eigenvalue weighted by Crippen LogP contribution is -2.04. The highest BCUT2D eigenvalue weighted by Gasteiger charge is 2.40. The van der Waals surface area contributed by atoms with Gasteiger partial charge in [-0.15, -0.1) is 0 Å². The Balaban J connectivity index is 2.82. The lowest BCUT2D eigenvalue weighted by Gasteiger charge is -2.07. The van der Waals surface area contributed by atoms with Crippen LogP contribution in [0.4, 0.5) is 17.1 Å². The number of benzene rings is 1. The predicted molar refractivity (Wildman–Crippen MR) is 62.0 cm³/mol. The van der Waals surface area contributed by atoms with Crippen molar-refractivity contribution in [2.45, 2.75) is 6.42 Å². The fourth-order valence-electron chi connectivity index (χ4n) is 1.74. The Morgan fingerprint density at radius 3 is 1.90 bits per heavy atom. The Labute approximate surface area is 110 Å². The molecule has 1 heterocycles. The van der Waals surface area contributed by atoms with Gasteiger partial charge in [0.1, 0.15) is 6.07 Å². The molecule has 0 amide bonds. The summed E-state index contributed by atoms with van der Waals surface area (Å²) in [5.41, 5.74) is -2.69. The van der Waals surface area contributed by atoms with E-state index in [9.17, 15) is 30.3 Å². The molecular weight excluding hydrogens is 278 g/mol. The van der Waals surface area contributed by atoms with E-state index in [0.29, 0.717) is 12.5 Å². The van der Waals surface area contributed by atoms with E-state index in [0.717, 1.165) is 0 Å². The number of ether oxygens (including phenoxy) is 2. The first-order chi connectivity index (χ1) is 9.43. The van der Waals surface area contributed by atoms with Gasteiger partial charge in [-0.1, -0.05) is 0 Å². The van der Waals surface area contributed by atoms with E-state index < -0.39 is 43.3 Å². The highest BCUT2D eigenvalue weighted by molar-refractivity contribution is 5.74. The van der Waals surface area contributed by atoms with Gasteiger partial charge < -0.3 is 9.47 Å². The van der Waals surface area contributed by atoms with Crippen molar-refractivity contribution in [3.05, 3.63) is 36.4 Å². The minimum absolute atomic E-state index is 0.00611. The summed E-state index contributed by atoms with van der Waals surface area (Å²) in [5, 5.41) is 32.8. The van der Waals surface area contributed by atoms with E-state index in [-0.39, 0.29) is 13.2 Å². The van der Waals surface area contributed by atoms with Crippen LogP contribution in [0.2, 0.25) is 0 Å². The van der Waals surface area contributed by atoms with Crippen LogP contribution >= 0.6 is 0 Å². The molecule has 1 aliphatic rings. The molecule has 0 atom stereocenters. The smallest absolute Gasteiger partial charge is 0.391 e. The van der Waals surface area contributed by atoms with Crippen molar-refractivity contribution in [2.24, 2.45) is 0 Å². The van der Waals surface area contributed by atoms with Crippen LogP contribution < -0.4 is 9.47 Å². The summed E-state index contributed by atoms with van der Waals surface area (Å²) < 4.78 is 10.1. The molecule has 1 aliphatic heterocycles. The topological polar surface area (TPSA) is 148 Å². The number of nitrogens with zero attached hydrogens (tertiary/aromatic N) is 3. The van der Waals surface area contributed by atoms with E-state index in [1.807, 2.05) is 0 Å². The summed E-state index contributed by atoms with van der Waals surface area (Å²) in [7, 11) is 0. The molecule has 0 spiro atoms. The SMILES string of the molecule is O=[N+]([O-])c1cc([N+](=O)[O-])c([N+](=O)[O-])c2c1OCCCO2. The third-order valence-electron chi connectivity index (χ3n) is 2.53. The lowest BCUT2D eigenvalue weighted by molar-refractivity contribution is -0.425. The van der Waals surface area contributed by atoms with E-state index in [2.05, 4.69) is 0 Å². The maximum absolute atomic E-state index is 11.0. The highest BCUT2D eigenvalue weighted by Crippen LogP contribution is 2.50. The third-order valence-corrected chi connectivity index (χ3v) is 2.53. The number of nitro benzene ring substituents is 3. The zero-order chi connectivity index (χ0) is 14.9. The molecule has 1 aromatic rings. The monoisotopic (exact) mass is 285 g/mol. The van der Waals surface area contributed by atoms with Gasteiger partial charge in [0.25, 0.3) is 5.75 Å². The Morgan fingerprint density at radius 2 is 1.40 bits per heavy atom. The highest BCUT2D eigenvalue weighted by atomic mass is 16.6. The number of nitro groups is 3. The van der Waals surface area contributed by atoms with Gasteiger partial charge in [-0.25, -0.2) is 0 Å². The Kier molecular flexibility index (Phi) is 3.33. The maximum atomic E-state index is 11.0. The minimum atomic E-state index is -1.07. The van der Waals surface area contributed by atoms with Crippen LogP contribution in [0.1, 0.15) is 6.42 Å². The number of hydrogen-bond acceptors (Lipinski definition) is 8. The minimum Gasteiger partial charge on any atom is -0.484 e. The van der Waals surface area contributed by atoms with Gasteiger partial charge >= 0.3 is 17.1 Å². The van der Waals surface area contributed by atoms with Crippen molar-refractivity contribution in [2.75, 3.05) is 13.2 Å². The van der Waals surface area contributed by atoms with Crippen LogP contribution in [-0.4, -0.2) is 28.0 Å². The quantitative estimate of drug-likeness (QED) is 0.600. The van der Waals surface area contributed by atoms with Crippen molar-refractivity contribution < 1.29 is 24.2 Å². The van der Waals surface area contributed by atoms with Crippen LogP contribution in [0, 0.1) is 30.3 Å². The second-order valence-corrected chi connectivity index (χ2v) is 3.74. The molecule has 106 valence electrons. The first-order valence-electron chi connectivity index (χ1n) is 5.33. The molecule has 1 aromatic carbocycles. The van der Waals surface area contributed by atoms with E-state index in [1.54, 1.807) is 0 Å². The first kappa shape index (κ1) is 13.5. The van der Waals surface area contributed by atoms with Crippen molar-refractivity contribution >= 4 is 17.1 Å². The fourth-order valence-corrected chi connectivity index (χ4v) is 1.74. The largest absolute Gasteiger partial charge is 0.484 e. The van der Waals surface area contributed by atoms with Crippen molar-refractivity contribution in [3.8, 4) is 11.5 Å². The summed E-state index contributed by atoms with van der Waals surface area (Å²) in [5.74, 6) is -1.03. The van der Waals surface area contributed by atoms with Crippen LogP contribution in [-0.2, 0) is 0 Å². The fraction of sp³-hybridized carbons (Fsp3) is 0.333. The Morgan fingerprint density at radius 1 is 0.850 bits per heavy atom. The normalized spacial score (nSPS) is 13.4. The average Bonchev–Trinajstić information content (AvgIpc) is 2.61. The maximum Gasteiger partial charge on any atom is 0.391 e. The van der Waals surface area contributed by atoms with E-state index in [4.69, 9.17) is 9.47 Å². The molecule has 0 unspecified atom stereocenters. The van der Waals surface area contributed by atoms with Crippen LogP contribution in [0.25, 0.3) is 0 Å². The molecule has 2 rings (SSSR count). The first-order valence-corrected chi connectivity index (χ1v) is 5.33. The number of rotatable bonds is 3. The van der Waals surface area contributed by atoms with Crippen LogP contribution in [0.15, 0.2) is 6.07 Å². The third kappa shape index (κ3) is 2.15. The van der Waals surface area contributed by atoms with Gasteiger partial charge in [0.2, 0.25) is 5.75 Å². The summed E-state index contributed by atoms with van der Waals surface area (Å²) in [4.78, 5) is 29.8. The van der Waals surface area contributed by atoms with Crippen molar-refractivity contribution in [1.29, 1.82) is 0 Å². The molecular formula is C9H7N3O8. The van der Waals surface area contributed by atoms with Gasteiger partial charge in [0.05, 0.1) is 28.0 Å². The Hall–Kier alpha value is -2.98. The summed E-state index contributed by atoms with van der Waals surface area (Å²) in [6.45, 7) is 0.0645. The van der Waals surface area contributed by atoms with Gasteiger partial charge in [0.15, 0.2) is 0 Å². The second kappa shape index (κ2) is 4.95. The molecule has 0 N–H and O–H groups in total. The summed E-state index contributed by atoms with van der Waals surface area (Å²) in [6, 6.07) is 0.506. The molecule has 0 fully saturated rings. The van der Waals surface area contributed by atoms with E-state index in [1.165, 1.54) is 0 Å². The van der Waals surface area contributed by atoms with Gasteiger partial charge in [-0.2, -0.15) is 0 Å². The average molecular weight is 285 g/mol. The zero-order valence-corrected chi connectivity index (χ0v) is 9.81. The standard InChI is InChI=1S/C9H7N3O8/c13-10(14)5-4-6(11(15)16)8-9(7(5)12(17)18)20-3-1-2-19-8/h4H,1-3H2. The van der Waals surface area contributed by atoms with Gasteiger partial charge in [0, 0.05) is 6.42 Å². The molecule has 0 saturated heterocycles.